The van der Waals surface area contributed by atoms with Crippen LogP contribution in [0.4, 0.5) is 0 Å². The second-order valence-electron chi connectivity index (χ2n) is 4.66. The van der Waals surface area contributed by atoms with Crippen molar-refractivity contribution >= 4 is 5.97 Å². The SMILES string of the molecule is COCCCOC(C)(CCC(C)C)C(=O)O. The van der Waals surface area contributed by atoms with Crippen LogP contribution in [0, 0.1) is 5.92 Å². The molecule has 1 N–H and O–H groups in total. The number of ether oxygens (including phenoxy) is 2. The number of carbonyl (C=O) groups is 1. The molecule has 0 aromatic heterocycles. The second kappa shape index (κ2) is 7.63. The van der Waals surface area contributed by atoms with Gasteiger partial charge < -0.3 is 14.6 Å². The van der Waals surface area contributed by atoms with Gasteiger partial charge >= 0.3 is 5.97 Å². The van der Waals surface area contributed by atoms with E-state index in [1.54, 1.807) is 14.0 Å². The van der Waals surface area contributed by atoms with Crippen molar-refractivity contribution in [2.75, 3.05) is 20.3 Å². The highest BCUT2D eigenvalue weighted by Gasteiger charge is 2.33. The summed E-state index contributed by atoms with van der Waals surface area (Å²) < 4.78 is 10.4. The van der Waals surface area contributed by atoms with Crippen molar-refractivity contribution in [2.45, 2.75) is 45.6 Å². The van der Waals surface area contributed by atoms with Crippen LogP contribution in [0.1, 0.15) is 40.0 Å². The summed E-state index contributed by atoms with van der Waals surface area (Å²) in [7, 11) is 1.62. The van der Waals surface area contributed by atoms with Gasteiger partial charge in [0.25, 0.3) is 0 Å². The van der Waals surface area contributed by atoms with Crippen molar-refractivity contribution in [2.24, 2.45) is 5.92 Å². The molecule has 0 heterocycles. The molecule has 0 saturated heterocycles. The van der Waals surface area contributed by atoms with Crippen LogP contribution in [0.25, 0.3) is 0 Å². The summed E-state index contributed by atoms with van der Waals surface area (Å²) in [5.41, 5.74) is -1.06. The molecule has 0 aromatic rings. The third-order valence-electron chi connectivity index (χ3n) is 2.56. The maximum atomic E-state index is 11.1. The number of hydrogen-bond donors (Lipinski definition) is 1. The highest BCUT2D eigenvalue weighted by atomic mass is 16.5. The maximum absolute atomic E-state index is 11.1. The standard InChI is InChI=1S/C12H24O4/c1-10(2)6-7-12(3,11(13)14)16-9-5-8-15-4/h10H,5-9H2,1-4H3,(H,13,14). The number of carboxylic acid groups (broad SMARTS) is 1. The van der Waals surface area contributed by atoms with E-state index in [9.17, 15) is 4.79 Å². The van der Waals surface area contributed by atoms with Crippen molar-refractivity contribution in [1.82, 2.24) is 0 Å². The minimum absolute atomic E-state index is 0.425. The Morgan fingerprint density at radius 1 is 1.38 bits per heavy atom. The van der Waals surface area contributed by atoms with Crippen LogP contribution in [0.2, 0.25) is 0 Å². The fourth-order valence-electron chi connectivity index (χ4n) is 1.31. The number of hydrogen-bond acceptors (Lipinski definition) is 3. The number of aliphatic carboxylic acids is 1. The molecule has 96 valence electrons. The third-order valence-corrected chi connectivity index (χ3v) is 2.56. The van der Waals surface area contributed by atoms with E-state index in [0.717, 1.165) is 12.8 Å². The van der Waals surface area contributed by atoms with Gasteiger partial charge in [0, 0.05) is 13.7 Å². The van der Waals surface area contributed by atoms with Crippen molar-refractivity contribution in [3.63, 3.8) is 0 Å². The molecular formula is C12H24O4. The lowest BCUT2D eigenvalue weighted by molar-refractivity contribution is -0.165. The summed E-state index contributed by atoms with van der Waals surface area (Å²) in [5.74, 6) is -0.396. The monoisotopic (exact) mass is 232 g/mol. The largest absolute Gasteiger partial charge is 0.479 e. The van der Waals surface area contributed by atoms with Gasteiger partial charge in [-0.2, -0.15) is 0 Å². The van der Waals surface area contributed by atoms with E-state index in [-0.39, 0.29) is 0 Å². The Kier molecular flexibility index (Phi) is 7.34. The van der Waals surface area contributed by atoms with Gasteiger partial charge in [-0.25, -0.2) is 4.79 Å². The first-order chi connectivity index (χ1) is 7.42. The van der Waals surface area contributed by atoms with Gasteiger partial charge in [-0.05, 0) is 32.1 Å². The van der Waals surface area contributed by atoms with Gasteiger partial charge in [-0.3, -0.25) is 0 Å². The first kappa shape index (κ1) is 15.4. The molecule has 16 heavy (non-hydrogen) atoms. The lowest BCUT2D eigenvalue weighted by atomic mass is 9.95. The smallest absolute Gasteiger partial charge is 0.335 e. The van der Waals surface area contributed by atoms with Crippen LogP contribution in [-0.4, -0.2) is 37.0 Å². The maximum Gasteiger partial charge on any atom is 0.335 e. The molecule has 4 heteroatoms. The van der Waals surface area contributed by atoms with Gasteiger partial charge in [0.2, 0.25) is 0 Å². The molecule has 0 spiro atoms. The molecule has 0 fully saturated rings. The van der Waals surface area contributed by atoms with Crippen LogP contribution >= 0.6 is 0 Å². The van der Waals surface area contributed by atoms with Crippen molar-refractivity contribution < 1.29 is 19.4 Å². The Labute approximate surface area is 97.9 Å². The van der Waals surface area contributed by atoms with Crippen LogP contribution in [-0.2, 0) is 14.3 Å². The van der Waals surface area contributed by atoms with E-state index in [1.165, 1.54) is 0 Å². The number of rotatable bonds is 9. The summed E-state index contributed by atoms with van der Waals surface area (Å²) in [6, 6.07) is 0. The number of methoxy groups -OCH3 is 1. The topological polar surface area (TPSA) is 55.8 Å². The fraction of sp³-hybridized carbons (Fsp3) is 0.917. The number of carboxylic acids is 1. The van der Waals surface area contributed by atoms with Gasteiger partial charge in [0.15, 0.2) is 5.60 Å². The van der Waals surface area contributed by atoms with Gasteiger partial charge in [0.1, 0.15) is 0 Å². The Bertz CT molecular complexity index is 203. The summed E-state index contributed by atoms with van der Waals surface area (Å²) in [6.07, 6.45) is 2.13. The molecule has 0 radical (unpaired) electrons. The Hall–Kier alpha value is -0.610. The van der Waals surface area contributed by atoms with E-state index < -0.39 is 11.6 Å². The molecule has 0 rings (SSSR count). The van der Waals surface area contributed by atoms with E-state index in [4.69, 9.17) is 14.6 Å². The normalized spacial score (nSPS) is 15.1. The minimum Gasteiger partial charge on any atom is -0.479 e. The molecule has 0 aliphatic carbocycles. The Balaban J connectivity index is 4.07. The lowest BCUT2D eigenvalue weighted by Gasteiger charge is -2.26. The quantitative estimate of drug-likeness (QED) is 0.620. The van der Waals surface area contributed by atoms with E-state index in [1.807, 2.05) is 0 Å². The molecule has 0 amide bonds. The van der Waals surface area contributed by atoms with Crippen molar-refractivity contribution in [1.29, 1.82) is 0 Å². The van der Waals surface area contributed by atoms with Crippen LogP contribution < -0.4 is 0 Å². The van der Waals surface area contributed by atoms with Crippen LogP contribution in [0.3, 0.4) is 0 Å². The summed E-state index contributed by atoms with van der Waals surface area (Å²) >= 11 is 0. The molecule has 0 aromatic carbocycles. The average molecular weight is 232 g/mol. The summed E-state index contributed by atoms with van der Waals surface area (Å²) in [4.78, 5) is 11.1. The molecule has 0 aliphatic heterocycles. The zero-order valence-electron chi connectivity index (χ0n) is 10.8. The Morgan fingerprint density at radius 3 is 2.44 bits per heavy atom. The van der Waals surface area contributed by atoms with E-state index in [0.29, 0.717) is 25.6 Å². The predicted octanol–water partition coefficient (Wildman–Crippen LogP) is 2.32. The molecule has 0 saturated carbocycles. The predicted molar refractivity (Wildman–Crippen MR) is 62.6 cm³/mol. The highest BCUT2D eigenvalue weighted by molar-refractivity contribution is 5.76. The first-order valence-electron chi connectivity index (χ1n) is 5.78. The molecule has 1 atom stereocenters. The second-order valence-corrected chi connectivity index (χ2v) is 4.66. The molecule has 0 bridgehead atoms. The first-order valence-corrected chi connectivity index (χ1v) is 5.78. The van der Waals surface area contributed by atoms with E-state index >= 15 is 0 Å². The molecule has 1 unspecified atom stereocenters. The fourth-order valence-corrected chi connectivity index (χ4v) is 1.31. The minimum atomic E-state index is -1.06. The van der Waals surface area contributed by atoms with Crippen LogP contribution in [0.5, 0.6) is 0 Å². The summed E-state index contributed by atoms with van der Waals surface area (Å²) in [5, 5.41) is 9.15. The third kappa shape index (κ3) is 6.08. The summed E-state index contributed by atoms with van der Waals surface area (Å²) in [6.45, 7) is 6.82. The van der Waals surface area contributed by atoms with Gasteiger partial charge in [-0.15, -0.1) is 0 Å². The van der Waals surface area contributed by atoms with E-state index in [2.05, 4.69) is 13.8 Å². The average Bonchev–Trinajstić information content (AvgIpc) is 2.21. The lowest BCUT2D eigenvalue weighted by Crippen LogP contribution is -2.39. The Morgan fingerprint density at radius 2 is 2.00 bits per heavy atom. The van der Waals surface area contributed by atoms with Gasteiger partial charge in [0.05, 0.1) is 6.61 Å². The highest BCUT2D eigenvalue weighted by Crippen LogP contribution is 2.21. The van der Waals surface area contributed by atoms with Crippen LogP contribution in [0.15, 0.2) is 0 Å². The molecule has 4 nitrogen and oxygen atoms in total. The van der Waals surface area contributed by atoms with Crippen molar-refractivity contribution in [3.8, 4) is 0 Å². The van der Waals surface area contributed by atoms with Gasteiger partial charge in [-0.1, -0.05) is 13.8 Å². The zero-order chi connectivity index (χ0) is 12.6. The molecule has 0 aliphatic rings. The molecular weight excluding hydrogens is 208 g/mol. The zero-order valence-corrected chi connectivity index (χ0v) is 10.8. The van der Waals surface area contributed by atoms with Crippen molar-refractivity contribution in [3.05, 3.63) is 0 Å².